The van der Waals surface area contributed by atoms with E-state index >= 15 is 0 Å². The first-order valence-corrected chi connectivity index (χ1v) is 18.8. The van der Waals surface area contributed by atoms with E-state index in [1.54, 1.807) is 0 Å². The summed E-state index contributed by atoms with van der Waals surface area (Å²) in [5, 5.41) is 7.33. The number of benzene rings is 7. The van der Waals surface area contributed by atoms with Gasteiger partial charge in [0.05, 0.1) is 0 Å². The van der Waals surface area contributed by atoms with Gasteiger partial charge in [-0.25, -0.2) is 15.0 Å². The molecule has 0 N–H and O–H groups in total. The van der Waals surface area contributed by atoms with Crippen molar-refractivity contribution in [2.75, 3.05) is 0 Å². The molecule has 0 unspecified atom stereocenters. The van der Waals surface area contributed by atoms with Crippen LogP contribution in [0.5, 0.6) is 0 Å². The number of nitrogens with zero attached hydrogens (tertiary/aromatic N) is 3. The molecule has 0 aliphatic heterocycles. The molecule has 53 heavy (non-hydrogen) atoms. The fourth-order valence-electron chi connectivity index (χ4n) is 8.01. The number of hydrogen-bond donors (Lipinski definition) is 0. The van der Waals surface area contributed by atoms with E-state index in [2.05, 4.69) is 142 Å². The average molecular weight is 691 g/mol. The van der Waals surface area contributed by atoms with E-state index in [9.17, 15) is 0 Å². The lowest BCUT2D eigenvalue weighted by Gasteiger charge is -2.20. The minimum atomic E-state index is 0.616. The van der Waals surface area contributed by atoms with Crippen molar-refractivity contribution in [1.29, 1.82) is 0 Å². The van der Waals surface area contributed by atoms with Crippen LogP contribution in [0.3, 0.4) is 0 Å². The third-order valence-corrected chi connectivity index (χ3v) is 12.4. The van der Waals surface area contributed by atoms with Crippen LogP contribution in [0.2, 0.25) is 0 Å². The summed E-state index contributed by atoms with van der Waals surface area (Å²) < 4.78 is 8.90. The maximum atomic E-state index is 6.30. The highest BCUT2D eigenvalue weighted by Gasteiger charge is 2.20. The van der Waals surface area contributed by atoms with Crippen molar-refractivity contribution in [3.8, 4) is 45.3 Å². The van der Waals surface area contributed by atoms with Gasteiger partial charge in [-0.05, 0) is 64.4 Å². The van der Waals surface area contributed by atoms with Crippen LogP contribution in [0.15, 0.2) is 126 Å². The molecule has 244 valence electrons. The number of para-hydroxylation sites is 1. The van der Waals surface area contributed by atoms with Crippen LogP contribution in [-0.2, 0) is 0 Å². The summed E-state index contributed by atoms with van der Waals surface area (Å²) in [4.78, 5) is 15.6. The molecule has 3 heterocycles. The van der Waals surface area contributed by atoms with Gasteiger partial charge in [0.15, 0.2) is 17.5 Å². The summed E-state index contributed by atoms with van der Waals surface area (Å²) >= 11 is 1.85. The molecule has 0 aliphatic rings. The molecule has 4 nitrogen and oxygen atoms in total. The van der Waals surface area contributed by atoms with Gasteiger partial charge < -0.3 is 4.42 Å². The lowest BCUT2D eigenvalue weighted by molar-refractivity contribution is 0.669. The molecule has 0 spiro atoms. The molecular formula is C43H30B5N3OS. The van der Waals surface area contributed by atoms with Crippen molar-refractivity contribution in [1.82, 2.24) is 15.0 Å². The number of hydrogen-bond acceptors (Lipinski definition) is 5. The monoisotopic (exact) mass is 691 g/mol. The zero-order valence-electron chi connectivity index (χ0n) is 30.2. The van der Waals surface area contributed by atoms with Gasteiger partial charge in [0, 0.05) is 47.6 Å². The molecule has 10 aromatic rings. The molecule has 10 rings (SSSR count). The average Bonchev–Trinajstić information content (AvgIpc) is 3.77. The van der Waals surface area contributed by atoms with Crippen molar-refractivity contribution >= 4 is 131 Å². The topological polar surface area (TPSA) is 51.8 Å². The summed E-state index contributed by atoms with van der Waals surface area (Å²) in [6.07, 6.45) is 0. The van der Waals surface area contributed by atoms with E-state index in [0.29, 0.717) is 17.5 Å². The smallest absolute Gasteiger partial charge is 0.164 e. The Labute approximate surface area is 315 Å². The first kappa shape index (κ1) is 31.9. The van der Waals surface area contributed by atoms with Crippen LogP contribution in [-0.4, -0.2) is 54.2 Å². The van der Waals surface area contributed by atoms with Crippen LogP contribution < -0.4 is 27.3 Å². The second kappa shape index (κ2) is 12.1. The first-order chi connectivity index (χ1) is 25.8. The van der Waals surface area contributed by atoms with Crippen LogP contribution in [0.1, 0.15) is 0 Å². The Bertz CT molecular complexity index is 3130. The third-order valence-electron chi connectivity index (χ3n) is 11.3. The summed E-state index contributed by atoms with van der Waals surface area (Å²) in [5.41, 5.74) is 13.1. The molecule has 0 radical (unpaired) electrons. The molecular weight excluding hydrogens is 661 g/mol. The van der Waals surface area contributed by atoms with Gasteiger partial charge in [0.1, 0.15) is 50.4 Å². The van der Waals surface area contributed by atoms with Gasteiger partial charge in [0.2, 0.25) is 0 Å². The van der Waals surface area contributed by atoms with Crippen molar-refractivity contribution in [3.05, 3.63) is 121 Å². The molecule has 0 amide bonds. The summed E-state index contributed by atoms with van der Waals surface area (Å²) in [6.45, 7) is 0. The molecule has 0 saturated carbocycles. The summed E-state index contributed by atoms with van der Waals surface area (Å²) in [5.74, 6) is 1.93. The molecule has 0 aliphatic carbocycles. The van der Waals surface area contributed by atoms with Crippen molar-refractivity contribution < 1.29 is 4.42 Å². The maximum absolute atomic E-state index is 6.30. The lowest BCUT2D eigenvalue weighted by Crippen LogP contribution is -2.55. The Morgan fingerprint density at radius 2 is 1.02 bits per heavy atom. The Morgan fingerprint density at radius 1 is 0.415 bits per heavy atom. The highest BCUT2D eigenvalue weighted by atomic mass is 32.1. The Hall–Kier alpha value is -5.85. The SMILES string of the molecule is Bc1c(B)c(B)c(-c2nc(-c3cccc(-c4ccc5sc6ccc7ccccc7c6c5c4)c3)nc(-c3ccc4c(c3)oc3ccccc34)n2)c(B)c1B. The summed E-state index contributed by atoms with van der Waals surface area (Å²) in [6, 6.07) is 43.0. The minimum Gasteiger partial charge on any atom is -0.456 e. The van der Waals surface area contributed by atoms with E-state index in [1.807, 2.05) is 29.5 Å². The van der Waals surface area contributed by atoms with E-state index in [0.717, 1.165) is 49.8 Å². The van der Waals surface area contributed by atoms with Gasteiger partial charge >= 0.3 is 0 Å². The van der Waals surface area contributed by atoms with Crippen LogP contribution in [0, 0.1) is 0 Å². The van der Waals surface area contributed by atoms with E-state index in [-0.39, 0.29) is 0 Å². The number of aromatic nitrogens is 3. The van der Waals surface area contributed by atoms with Gasteiger partial charge in [0.25, 0.3) is 0 Å². The van der Waals surface area contributed by atoms with Gasteiger partial charge in [-0.15, -0.1) is 27.7 Å². The standard InChI is InChI=1S/C43H30B5N3OS/c44-36-35(37(45)39(47)40(48)38(36)46)43-50-41(49-42(51-43)25-12-15-28-27-10-3-4-11-30(27)52-31(28)20-25)24-8-5-7-22(18-24)23-14-16-32-29(19-23)34-26-9-2-1-6-21(26)13-17-33(34)53-32/h1-20H,44-48H2. The zero-order chi connectivity index (χ0) is 36.0. The van der Waals surface area contributed by atoms with Crippen molar-refractivity contribution in [3.63, 3.8) is 0 Å². The van der Waals surface area contributed by atoms with Crippen LogP contribution in [0.25, 0.3) is 98.2 Å². The Balaban J connectivity index is 1.16. The largest absolute Gasteiger partial charge is 0.456 e. The van der Waals surface area contributed by atoms with E-state index < -0.39 is 0 Å². The minimum absolute atomic E-state index is 0.616. The van der Waals surface area contributed by atoms with E-state index in [4.69, 9.17) is 19.4 Å². The third kappa shape index (κ3) is 5.08. The van der Waals surface area contributed by atoms with Crippen molar-refractivity contribution in [2.24, 2.45) is 0 Å². The second-order valence-electron chi connectivity index (χ2n) is 14.2. The highest BCUT2D eigenvalue weighted by Crippen LogP contribution is 2.40. The highest BCUT2D eigenvalue weighted by molar-refractivity contribution is 7.26. The predicted molar refractivity (Wildman–Crippen MR) is 240 cm³/mol. The molecule has 3 aromatic heterocycles. The molecule has 0 fully saturated rings. The van der Waals surface area contributed by atoms with Crippen LogP contribution >= 0.6 is 11.3 Å². The quantitative estimate of drug-likeness (QED) is 0.267. The molecule has 0 bridgehead atoms. The molecule has 0 saturated heterocycles. The van der Waals surface area contributed by atoms with Gasteiger partial charge in [-0.2, -0.15) is 0 Å². The fraction of sp³-hybridized carbons (Fsp3) is 0. The number of rotatable bonds is 4. The summed E-state index contributed by atoms with van der Waals surface area (Å²) in [7, 11) is 11.0. The van der Waals surface area contributed by atoms with Gasteiger partial charge in [-0.3, -0.25) is 0 Å². The molecule has 0 atom stereocenters. The molecule has 7 aromatic carbocycles. The van der Waals surface area contributed by atoms with Crippen molar-refractivity contribution in [2.45, 2.75) is 0 Å². The maximum Gasteiger partial charge on any atom is 0.164 e. The number of thiophene rings is 1. The Kier molecular flexibility index (Phi) is 7.28. The van der Waals surface area contributed by atoms with Crippen LogP contribution in [0.4, 0.5) is 0 Å². The molecule has 10 heteroatoms. The predicted octanol–water partition coefficient (Wildman–Crippen LogP) is 3.25. The normalized spacial score (nSPS) is 11.8. The number of furan rings is 1. The number of fused-ring (bicyclic) bond motifs is 8. The first-order valence-electron chi connectivity index (χ1n) is 18.0. The lowest BCUT2D eigenvalue weighted by atomic mass is 9.60. The van der Waals surface area contributed by atoms with Gasteiger partial charge in [-0.1, -0.05) is 89.8 Å². The Morgan fingerprint density at radius 3 is 1.83 bits per heavy atom. The van der Waals surface area contributed by atoms with E-state index in [1.165, 1.54) is 58.3 Å². The fourth-order valence-corrected chi connectivity index (χ4v) is 9.11. The zero-order valence-corrected chi connectivity index (χ0v) is 31.0. The second-order valence-corrected chi connectivity index (χ2v) is 15.3.